The fraction of sp³-hybridized carbons (Fsp3) is 0.615. The van der Waals surface area contributed by atoms with E-state index in [1.165, 1.54) is 18.7 Å². The molecule has 442 valence electrons. The van der Waals surface area contributed by atoms with Gasteiger partial charge in [0.15, 0.2) is 0 Å². The van der Waals surface area contributed by atoms with Crippen LogP contribution in [0.5, 0.6) is 0 Å². The first-order valence-electron chi connectivity index (χ1n) is 27.2. The summed E-state index contributed by atoms with van der Waals surface area (Å²) in [5, 5.41) is 36.5. The fourth-order valence-electron chi connectivity index (χ4n) is 9.43. The second kappa shape index (κ2) is 33.0. The van der Waals surface area contributed by atoms with Gasteiger partial charge in [-0.05, 0) is 103 Å². The van der Waals surface area contributed by atoms with Gasteiger partial charge < -0.3 is 79.6 Å². The zero-order chi connectivity index (χ0) is 58.9. The van der Waals surface area contributed by atoms with Gasteiger partial charge in [-0.15, -0.1) is 11.6 Å². The number of H-pyrrole nitrogens is 1. The number of carbonyl (C=O) groups is 12. The highest BCUT2D eigenvalue weighted by atomic mass is 35.5. The number of alkyl halides is 1. The number of piperidine rings is 1. The Balaban J connectivity index is 1.38. The van der Waals surface area contributed by atoms with Crippen molar-refractivity contribution in [3.8, 4) is 0 Å². The number of unbranched alkanes of at least 4 members (excludes halogenated alkanes) is 3. The van der Waals surface area contributed by atoms with Gasteiger partial charge in [-0.1, -0.05) is 31.0 Å². The van der Waals surface area contributed by atoms with Crippen molar-refractivity contribution in [3.63, 3.8) is 0 Å². The minimum atomic E-state index is -1.39. The topological polar surface area (TPSA) is 416 Å². The van der Waals surface area contributed by atoms with Crippen LogP contribution in [0.2, 0.25) is 0 Å². The van der Waals surface area contributed by atoms with Gasteiger partial charge in [0.2, 0.25) is 53.2 Å². The van der Waals surface area contributed by atoms with Crippen LogP contribution in [-0.2, 0) is 54.4 Å². The molecule has 1 aromatic heterocycles. The van der Waals surface area contributed by atoms with E-state index in [2.05, 4.69) is 58.2 Å². The monoisotopic (exact) mass is 1140 g/mol. The van der Waals surface area contributed by atoms with Crippen LogP contribution in [0.15, 0.2) is 30.5 Å². The molecule has 2 saturated heterocycles. The van der Waals surface area contributed by atoms with Crippen LogP contribution in [0.3, 0.4) is 0 Å². The minimum Gasteiger partial charge on any atom is -0.481 e. The molecule has 9 atom stereocenters. The lowest BCUT2D eigenvalue weighted by Crippen LogP contribution is -2.61. The van der Waals surface area contributed by atoms with Crippen molar-refractivity contribution in [3.05, 3.63) is 36.0 Å². The summed E-state index contributed by atoms with van der Waals surface area (Å²) in [6, 6.07) is -2.57. The summed E-state index contributed by atoms with van der Waals surface area (Å²) in [5.74, 6) is -8.07. The summed E-state index contributed by atoms with van der Waals surface area (Å²) in [6.07, 6.45) is 6.52. The average molecular weight is 1140 g/mol. The number of hydrogen-bond donors (Lipinski definition) is 14. The fourth-order valence-corrected chi connectivity index (χ4v) is 9.51. The van der Waals surface area contributed by atoms with Crippen molar-refractivity contribution < 1.29 is 62.6 Å². The van der Waals surface area contributed by atoms with Crippen molar-refractivity contribution in [2.45, 2.75) is 178 Å². The Bertz CT molecular complexity index is 2510. The van der Waals surface area contributed by atoms with Crippen LogP contribution < -0.4 is 64.6 Å². The Kier molecular flexibility index (Phi) is 26.7. The van der Waals surface area contributed by atoms with Crippen molar-refractivity contribution in [2.75, 3.05) is 25.5 Å². The number of primary amides is 2. The van der Waals surface area contributed by atoms with Crippen LogP contribution in [0.25, 0.3) is 10.9 Å². The van der Waals surface area contributed by atoms with Crippen molar-refractivity contribution in [2.24, 2.45) is 11.5 Å². The molecule has 2 aliphatic rings. The molecule has 0 radical (unpaired) electrons. The molecule has 0 spiro atoms. The maximum atomic E-state index is 14.5. The number of carboxylic acid groups (broad SMARTS) is 1. The molecule has 2 fully saturated rings. The lowest BCUT2D eigenvalue weighted by molar-refractivity contribution is -0.146. The third-order valence-electron chi connectivity index (χ3n) is 13.9. The number of halogens is 1. The van der Waals surface area contributed by atoms with Crippen LogP contribution in [0.4, 0.5) is 9.59 Å². The molecule has 0 bridgehead atoms. The van der Waals surface area contributed by atoms with E-state index >= 15 is 0 Å². The molecule has 0 aliphatic carbocycles. The van der Waals surface area contributed by atoms with E-state index in [4.69, 9.17) is 23.1 Å². The van der Waals surface area contributed by atoms with Crippen molar-refractivity contribution in [1.29, 1.82) is 0 Å². The number of para-hydroxylation sites is 1. The summed E-state index contributed by atoms with van der Waals surface area (Å²) in [4.78, 5) is 159. The molecular weight excluding hydrogens is 1060 g/mol. The maximum absolute atomic E-state index is 14.5. The lowest BCUT2D eigenvalue weighted by Gasteiger charge is -2.37. The summed E-state index contributed by atoms with van der Waals surface area (Å²) >= 11 is 5.69. The third-order valence-corrected chi connectivity index (χ3v) is 14.2. The van der Waals surface area contributed by atoms with Gasteiger partial charge in [-0.25, -0.2) is 9.59 Å². The predicted molar refractivity (Wildman–Crippen MR) is 293 cm³/mol. The van der Waals surface area contributed by atoms with Gasteiger partial charge in [0.05, 0.1) is 6.04 Å². The highest BCUT2D eigenvalue weighted by Gasteiger charge is 2.39. The zero-order valence-electron chi connectivity index (χ0n) is 45.6. The molecule has 13 amide bonds. The van der Waals surface area contributed by atoms with Gasteiger partial charge in [-0.3, -0.25) is 47.9 Å². The first kappa shape index (κ1) is 64.8. The molecule has 3 heterocycles. The number of aliphatic carboxylic acids is 1. The second-order valence-corrected chi connectivity index (χ2v) is 20.5. The number of benzene rings is 1. The number of hydrogen-bond acceptors (Lipinski definition) is 12. The molecular formula is C52H79ClN14O13. The molecule has 27 nitrogen and oxygen atoms in total. The summed E-state index contributed by atoms with van der Waals surface area (Å²) in [7, 11) is 0. The molecule has 1 unspecified atom stereocenters. The van der Waals surface area contributed by atoms with Crippen LogP contribution in [0, 0.1) is 0 Å². The zero-order valence-corrected chi connectivity index (χ0v) is 46.3. The summed E-state index contributed by atoms with van der Waals surface area (Å²) in [5.41, 5.74) is 12.2. The quantitative estimate of drug-likeness (QED) is 0.0308. The maximum Gasteiger partial charge on any atom is 0.315 e. The predicted octanol–water partition coefficient (Wildman–Crippen LogP) is -0.616. The number of aromatic nitrogens is 1. The molecule has 1 aromatic carbocycles. The Morgan fingerprint density at radius 1 is 0.700 bits per heavy atom. The van der Waals surface area contributed by atoms with Crippen LogP contribution >= 0.6 is 11.6 Å². The van der Waals surface area contributed by atoms with Gasteiger partial charge in [0.25, 0.3) is 0 Å². The van der Waals surface area contributed by atoms with Crippen LogP contribution in [-0.4, -0.2) is 166 Å². The summed E-state index contributed by atoms with van der Waals surface area (Å²) in [6.45, 7) is 5.04. The molecule has 2 aliphatic heterocycles. The second-order valence-electron chi connectivity index (χ2n) is 20.2. The number of carbonyl (C=O) groups excluding carboxylic acids is 11. The first-order valence-corrected chi connectivity index (χ1v) is 27.7. The molecule has 80 heavy (non-hydrogen) atoms. The van der Waals surface area contributed by atoms with Gasteiger partial charge >= 0.3 is 18.0 Å². The smallest absolute Gasteiger partial charge is 0.315 e. The SMILES string of the molecule is C[C@H](NC(=O)[C@H](C)NC(=O)[C@H](CCCNC(N)=O)NC(=O)[C@H](Cc1c[nH]c2ccccc12)NC(=O)[C@@H]1CCCCN1C(=O)[C@H](CCC(=O)O)NC(=O)CCl)C(=O)NC(CCCCNC(=O)CCCCC[C@@H]1NC(=O)N[C@@H]1C)C(N)=O. The Morgan fingerprint density at radius 3 is 2.04 bits per heavy atom. The number of nitrogens with one attached hydrogen (secondary N) is 11. The van der Waals surface area contributed by atoms with Gasteiger partial charge in [-0.2, -0.15) is 0 Å². The standard InChI is InChI=1S/C52H79ClN14O13/c1-29-34(66-52(80)61-29)15-5-4-6-20-41(68)56-23-11-9-17-36(44(54)72)63-46(74)31(3)59-45(73)30(2)60-47(75)37(18-13-24-57-51(55)79)64-48(76)39(26-32-28-58-35-16-8-7-14-33(32)35)65-49(77)40-19-10-12-25-67(40)50(78)38(21-22-43(70)71)62-42(69)27-53/h7-8,14,16,28-31,34,36-40,58H,4-6,9-13,15,17-27H2,1-3H3,(H2,54,72)(H,56,68)(H,59,73)(H,60,75)(H,62,69)(H,63,74)(H,64,76)(H,65,77)(H,70,71)(H3,55,57,79)(H2,61,66,80)/t29-,30+,31+,34+,36?,37+,38+,39+,40+/m1/s1. The number of fused-ring (bicyclic) bond motifs is 1. The number of aromatic amines is 1. The highest BCUT2D eigenvalue weighted by molar-refractivity contribution is 6.27. The van der Waals surface area contributed by atoms with E-state index < -0.39 is 114 Å². The van der Waals surface area contributed by atoms with E-state index in [0.717, 1.165) is 30.2 Å². The minimum absolute atomic E-state index is 0.00991. The molecule has 16 N–H and O–H groups in total. The molecule has 0 saturated carbocycles. The number of amides is 13. The Hall–Kier alpha value is -7.71. The third kappa shape index (κ3) is 21.5. The Morgan fingerprint density at radius 2 is 1.36 bits per heavy atom. The van der Waals surface area contributed by atoms with Crippen molar-refractivity contribution >= 4 is 93.7 Å². The Labute approximate surface area is 468 Å². The number of carboxylic acids is 1. The normalized spacial score (nSPS) is 18.1. The van der Waals surface area contributed by atoms with Crippen LogP contribution in [0.1, 0.15) is 123 Å². The molecule has 2 aromatic rings. The number of nitrogens with zero attached hydrogens (tertiary/aromatic N) is 1. The lowest BCUT2D eigenvalue weighted by atomic mass is 9.97. The number of rotatable bonds is 34. The van der Waals surface area contributed by atoms with E-state index in [9.17, 15) is 62.6 Å². The number of urea groups is 2. The van der Waals surface area contributed by atoms with E-state index in [1.807, 2.05) is 13.0 Å². The van der Waals surface area contributed by atoms with Crippen molar-refractivity contribution in [1.82, 2.24) is 63.1 Å². The van der Waals surface area contributed by atoms with E-state index in [1.54, 1.807) is 24.4 Å². The number of nitrogens with two attached hydrogens (primary N) is 2. The molecule has 4 rings (SSSR count). The van der Waals surface area contributed by atoms with Gasteiger partial charge in [0.1, 0.15) is 48.2 Å². The largest absolute Gasteiger partial charge is 0.481 e. The van der Waals surface area contributed by atoms with E-state index in [0.29, 0.717) is 50.6 Å². The highest BCUT2D eigenvalue weighted by Crippen LogP contribution is 2.23. The first-order chi connectivity index (χ1) is 38.1. The van der Waals surface area contributed by atoms with E-state index in [-0.39, 0.29) is 75.6 Å². The summed E-state index contributed by atoms with van der Waals surface area (Å²) < 4.78 is 0. The number of likely N-dealkylation sites (tertiary alicyclic amines) is 1. The average Bonchev–Trinajstić information content (AvgIpc) is 4.05. The molecule has 28 heteroatoms. The van der Waals surface area contributed by atoms with Gasteiger partial charge in [0, 0.05) is 62.0 Å².